The fraction of sp³-hybridized carbons (Fsp3) is 1.00. The zero-order valence-corrected chi connectivity index (χ0v) is 10.8. The minimum Gasteiger partial charge on any atom is -0.395 e. The molecule has 1 saturated carbocycles. The molecule has 0 amide bonds. The molecular weight excluding hydrogens is 263 g/mol. The largest absolute Gasteiger partial charge is 0.401 e. The van der Waals surface area contributed by atoms with Crippen LogP contribution in [0, 0.1) is 0 Å². The second-order valence-electron chi connectivity index (χ2n) is 5.24. The lowest BCUT2D eigenvalue weighted by atomic mass is 10.2. The summed E-state index contributed by atoms with van der Waals surface area (Å²) in [6.45, 7) is -0.858. The van der Waals surface area contributed by atoms with Gasteiger partial charge in [0.05, 0.1) is 25.9 Å². The van der Waals surface area contributed by atoms with Crippen LogP contribution in [0.4, 0.5) is 13.2 Å². The van der Waals surface area contributed by atoms with Gasteiger partial charge in [-0.25, -0.2) is 0 Å². The first-order valence-electron chi connectivity index (χ1n) is 6.64. The number of rotatable bonds is 5. The van der Waals surface area contributed by atoms with Crippen LogP contribution in [-0.2, 0) is 9.47 Å². The number of nitrogens with zero attached hydrogens (tertiary/aromatic N) is 1. The van der Waals surface area contributed by atoms with E-state index in [-0.39, 0.29) is 25.8 Å². The van der Waals surface area contributed by atoms with Gasteiger partial charge >= 0.3 is 6.18 Å². The maximum absolute atomic E-state index is 12.4. The Hall–Kier alpha value is -0.370. The number of aliphatic hydroxyl groups is 1. The summed E-state index contributed by atoms with van der Waals surface area (Å²) < 4.78 is 48.6. The van der Waals surface area contributed by atoms with Crippen LogP contribution in [0.15, 0.2) is 0 Å². The van der Waals surface area contributed by atoms with Crippen molar-refractivity contribution in [2.75, 3.05) is 32.8 Å². The lowest BCUT2D eigenvalue weighted by molar-refractivity contribution is -0.170. The van der Waals surface area contributed by atoms with Gasteiger partial charge in [-0.1, -0.05) is 0 Å². The van der Waals surface area contributed by atoms with Crippen LogP contribution >= 0.6 is 0 Å². The molecule has 19 heavy (non-hydrogen) atoms. The molecule has 2 fully saturated rings. The average Bonchev–Trinajstić information content (AvgIpc) is 2.88. The molecule has 1 unspecified atom stereocenters. The molecule has 1 N–H and O–H groups in total. The van der Waals surface area contributed by atoms with Crippen LogP contribution in [0.25, 0.3) is 0 Å². The maximum Gasteiger partial charge on any atom is 0.401 e. The van der Waals surface area contributed by atoms with Gasteiger partial charge in [-0.05, 0) is 12.8 Å². The summed E-state index contributed by atoms with van der Waals surface area (Å²) in [6, 6.07) is 0. The molecule has 1 aliphatic carbocycles. The van der Waals surface area contributed by atoms with Gasteiger partial charge in [-0.15, -0.1) is 0 Å². The summed E-state index contributed by atoms with van der Waals surface area (Å²) in [5, 5.41) is 8.83. The van der Waals surface area contributed by atoms with Crippen LogP contribution in [-0.4, -0.2) is 60.9 Å². The third kappa shape index (κ3) is 4.30. The first-order chi connectivity index (χ1) is 8.92. The van der Waals surface area contributed by atoms with Crippen LogP contribution in [0.1, 0.15) is 25.7 Å². The Balaban J connectivity index is 1.84. The van der Waals surface area contributed by atoms with E-state index < -0.39 is 18.5 Å². The number of hydrogen-bond donors (Lipinski definition) is 1. The van der Waals surface area contributed by atoms with Crippen molar-refractivity contribution in [1.29, 1.82) is 0 Å². The third-order valence-electron chi connectivity index (χ3n) is 3.56. The van der Waals surface area contributed by atoms with E-state index in [2.05, 4.69) is 0 Å². The Kier molecular flexibility index (Phi) is 4.70. The molecule has 2 rings (SSSR count). The van der Waals surface area contributed by atoms with E-state index in [0.717, 1.165) is 25.7 Å². The van der Waals surface area contributed by atoms with Crippen LogP contribution in [0.5, 0.6) is 0 Å². The SMILES string of the molecule is OCCN(CC1COC2(CCCC2)O1)CC(F)(F)F. The quantitative estimate of drug-likeness (QED) is 0.831. The molecule has 1 atom stereocenters. The minimum absolute atomic E-state index is 0.00757. The van der Waals surface area contributed by atoms with Crippen LogP contribution in [0.2, 0.25) is 0 Å². The normalized spacial score (nSPS) is 26.7. The Bertz CT molecular complexity index is 292. The molecule has 2 aliphatic rings. The summed E-state index contributed by atoms with van der Waals surface area (Å²) in [6.07, 6.45) is -0.886. The Morgan fingerprint density at radius 2 is 1.95 bits per heavy atom. The molecule has 112 valence electrons. The van der Waals surface area contributed by atoms with Gasteiger partial charge in [0.25, 0.3) is 0 Å². The molecule has 1 saturated heterocycles. The second kappa shape index (κ2) is 5.95. The molecule has 0 aromatic rings. The smallest absolute Gasteiger partial charge is 0.395 e. The fourth-order valence-corrected chi connectivity index (χ4v) is 2.80. The van der Waals surface area contributed by atoms with E-state index in [1.165, 1.54) is 4.90 Å². The first-order valence-corrected chi connectivity index (χ1v) is 6.64. The van der Waals surface area contributed by atoms with Gasteiger partial charge in [-0.2, -0.15) is 13.2 Å². The van der Waals surface area contributed by atoms with Gasteiger partial charge in [0.15, 0.2) is 5.79 Å². The van der Waals surface area contributed by atoms with Crippen molar-refractivity contribution < 1.29 is 27.8 Å². The molecule has 0 radical (unpaired) electrons. The summed E-state index contributed by atoms with van der Waals surface area (Å²) in [5.41, 5.74) is 0. The highest BCUT2D eigenvalue weighted by Gasteiger charge is 2.44. The standard InChI is InChI=1S/C12H20F3NO3/c13-12(14,15)9-16(5-6-17)7-10-8-18-11(19-10)3-1-2-4-11/h10,17H,1-9H2. The number of hydrogen-bond acceptors (Lipinski definition) is 4. The lowest BCUT2D eigenvalue weighted by Gasteiger charge is -2.26. The highest BCUT2D eigenvalue weighted by molar-refractivity contribution is 4.85. The van der Waals surface area contributed by atoms with E-state index in [9.17, 15) is 13.2 Å². The zero-order valence-electron chi connectivity index (χ0n) is 10.8. The van der Waals surface area contributed by atoms with Gasteiger partial charge in [0.2, 0.25) is 0 Å². The van der Waals surface area contributed by atoms with Gasteiger partial charge in [0, 0.05) is 25.9 Å². The van der Waals surface area contributed by atoms with Crippen molar-refractivity contribution in [3.05, 3.63) is 0 Å². The Morgan fingerprint density at radius 3 is 2.53 bits per heavy atom. The van der Waals surface area contributed by atoms with Crippen molar-refractivity contribution in [2.45, 2.75) is 43.8 Å². The maximum atomic E-state index is 12.4. The molecule has 0 aromatic heterocycles. The Morgan fingerprint density at radius 1 is 1.26 bits per heavy atom. The van der Waals surface area contributed by atoms with Crippen molar-refractivity contribution in [3.63, 3.8) is 0 Å². The number of halogens is 3. The molecular formula is C12H20F3NO3. The summed E-state index contributed by atoms with van der Waals surface area (Å²) in [7, 11) is 0. The topological polar surface area (TPSA) is 41.9 Å². The molecule has 7 heteroatoms. The summed E-state index contributed by atoms with van der Waals surface area (Å²) in [5.74, 6) is -0.548. The fourth-order valence-electron chi connectivity index (χ4n) is 2.80. The number of alkyl halides is 3. The molecule has 4 nitrogen and oxygen atoms in total. The predicted molar refractivity (Wildman–Crippen MR) is 61.6 cm³/mol. The second-order valence-corrected chi connectivity index (χ2v) is 5.24. The summed E-state index contributed by atoms with van der Waals surface area (Å²) >= 11 is 0. The van der Waals surface area contributed by atoms with E-state index in [4.69, 9.17) is 14.6 Å². The molecule has 1 aliphatic heterocycles. The lowest BCUT2D eigenvalue weighted by Crippen LogP contribution is -2.42. The zero-order chi connectivity index (χ0) is 13.9. The van der Waals surface area contributed by atoms with Crippen LogP contribution < -0.4 is 0 Å². The predicted octanol–water partition coefficient (Wildman–Crippen LogP) is 1.53. The molecule has 1 heterocycles. The van der Waals surface area contributed by atoms with Gasteiger partial charge in [0.1, 0.15) is 0 Å². The van der Waals surface area contributed by atoms with Gasteiger partial charge < -0.3 is 14.6 Å². The third-order valence-corrected chi connectivity index (χ3v) is 3.56. The molecule has 0 bridgehead atoms. The van der Waals surface area contributed by atoms with Crippen molar-refractivity contribution in [1.82, 2.24) is 4.90 Å². The minimum atomic E-state index is -4.26. The molecule has 0 aromatic carbocycles. The van der Waals surface area contributed by atoms with Crippen molar-refractivity contribution >= 4 is 0 Å². The highest BCUT2D eigenvalue weighted by atomic mass is 19.4. The first kappa shape index (κ1) is 15.0. The van der Waals surface area contributed by atoms with E-state index in [1.54, 1.807) is 0 Å². The summed E-state index contributed by atoms with van der Waals surface area (Å²) in [4.78, 5) is 1.17. The van der Waals surface area contributed by atoms with Crippen molar-refractivity contribution in [3.8, 4) is 0 Å². The average molecular weight is 283 g/mol. The van der Waals surface area contributed by atoms with E-state index in [1.807, 2.05) is 0 Å². The number of ether oxygens (including phenoxy) is 2. The van der Waals surface area contributed by atoms with E-state index in [0.29, 0.717) is 6.61 Å². The Labute approximate surface area is 110 Å². The van der Waals surface area contributed by atoms with Crippen LogP contribution in [0.3, 0.4) is 0 Å². The van der Waals surface area contributed by atoms with Gasteiger partial charge in [-0.3, -0.25) is 4.90 Å². The van der Waals surface area contributed by atoms with Crippen molar-refractivity contribution in [2.24, 2.45) is 0 Å². The number of aliphatic hydroxyl groups excluding tert-OH is 1. The highest BCUT2D eigenvalue weighted by Crippen LogP contribution is 2.39. The monoisotopic (exact) mass is 283 g/mol. The van der Waals surface area contributed by atoms with E-state index >= 15 is 0 Å². The molecule has 1 spiro atoms.